The van der Waals surface area contributed by atoms with Gasteiger partial charge in [0.25, 0.3) is 0 Å². The van der Waals surface area contributed by atoms with Gasteiger partial charge < -0.3 is 0 Å². The highest BCUT2D eigenvalue weighted by molar-refractivity contribution is 9.11. The van der Waals surface area contributed by atoms with Gasteiger partial charge >= 0.3 is 0 Å². The number of benzene rings is 2. The summed E-state index contributed by atoms with van der Waals surface area (Å²) in [7, 11) is 0. The van der Waals surface area contributed by atoms with Gasteiger partial charge in [-0.3, -0.25) is 5.84 Å². The normalized spacial score (nSPS) is 12.4. The molecule has 0 bridgehead atoms. The molecule has 3 N–H and O–H groups in total. The molecule has 19 heavy (non-hydrogen) atoms. The van der Waals surface area contributed by atoms with Crippen LogP contribution in [-0.4, -0.2) is 0 Å². The van der Waals surface area contributed by atoms with E-state index in [1.54, 1.807) is 0 Å². The Morgan fingerprint density at radius 3 is 2.63 bits per heavy atom. The number of nitrogens with one attached hydrogen (secondary N) is 1. The summed E-state index contributed by atoms with van der Waals surface area (Å²) in [5, 5.41) is 0. The van der Waals surface area contributed by atoms with Crippen LogP contribution >= 0.6 is 31.9 Å². The minimum atomic E-state index is -0.0293. The van der Waals surface area contributed by atoms with Crippen LogP contribution in [0.15, 0.2) is 51.4 Å². The molecular formula is C15H16Br2N2. The van der Waals surface area contributed by atoms with Crippen LogP contribution in [0, 0.1) is 0 Å². The number of rotatable bonds is 4. The molecule has 2 aromatic carbocycles. The second-order valence-electron chi connectivity index (χ2n) is 4.36. The molecule has 1 unspecified atom stereocenters. The van der Waals surface area contributed by atoms with Crippen LogP contribution in [0.3, 0.4) is 0 Å². The lowest BCUT2D eigenvalue weighted by atomic mass is 9.97. The highest BCUT2D eigenvalue weighted by atomic mass is 79.9. The molecule has 0 saturated carbocycles. The molecular weight excluding hydrogens is 368 g/mol. The molecule has 0 amide bonds. The van der Waals surface area contributed by atoms with Gasteiger partial charge in [0.05, 0.1) is 6.04 Å². The zero-order valence-electron chi connectivity index (χ0n) is 10.7. The minimum Gasteiger partial charge on any atom is -0.271 e. The fourth-order valence-electron chi connectivity index (χ4n) is 2.09. The Hall–Kier alpha value is -0.680. The number of nitrogens with two attached hydrogens (primary N) is 1. The Bertz CT molecular complexity index is 570. The first-order chi connectivity index (χ1) is 9.15. The van der Waals surface area contributed by atoms with Crippen molar-refractivity contribution in [3.8, 4) is 0 Å². The Labute approximate surface area is 130 Å². The average molecular weight is 384 g/mol. The monoisotopic (exact) mass is 382 g/mol. The molecule has 0 heterocycles. The summed E-state index contributed by atoms with van der Waals surface area (Å²) in [6, 6.07) is 14.6. The van der Waals surface area contributed by atoms with Crippen LogP contribution < -0.4 is 11.3 Å². The maximum atomic E-state index is 5.76. The first-order valence-corrected chi connectivity index (χ1v) is 7.74. The van der Waals surface area contributed by atoms with E-state index in [0.29, 0.717) is 0 Å². The highest BCUT2D eigenvalue weighted by Gasteiger charge is 2.16. The number of hydrogen-bond acceptors (Lipinski definition) is 2. The van der Waals surface area contributed by atoms with Crippen LogP contribution in [0.5, 0.6) is 0 Å². The van der Waals surface area contributed by atoms with Crippen molar-refractivity contribution in [2.45, 2.75) is 19.4 Å². The fraction of sp³-hybridized carbons (Fsp3) is 0.200. The van der Waals surface area contributed by atoms with Crippen molar-refractivity contribution in [3.63, 3.8) is 0 Å². The predicted octanol–water partition coefficient (Wildman–Crippen LogP) is 4.33. The summed E-state index contributed by atoms with van der Waals surface area (Å²) < 4.78 is 2.08. The second-order valence-corrected chi connectivity index (χ2v) is 6.13. The van der Waals surface area contributed by atoms with Gasteiger partial charge in [0.15, 0.2) is 0 Å². The molecule has 1 atom stereocenters. The van der Waals surface area contributed by atoms with Gasteiger partial charge in [-0.15, -0.1) is 0 Å². The van der Waals surface area contributed by atoms with Crippen LogP contribution in [0.4, 0.5) is 0 Å². The van der Waals surface area contributed by atoms with E-state index in [2.05, 4.69) is 74.5 Å². The van der Waals surface area contributed by atoms with Gasteiger partial charge in [0.1, 0.15) is 0 Å². The number of hydrogen-bond donors (Lipinski definition) is 2. The van der Waals surface area contributed by atoms with Gasteiger partial charge in [-0.2, -0.15) is 0 Å². The molecule has 0 radical (unpaired) electrons. The SMILES string of the molecule is CCc1cccc(C(NN)c2cc(Br)ccc2Br)c1. The lowest BCUT2D eigenvalue weighted by Gasteiger charge is -2.19. The second kappa shape index (κ2) is 6.66. The predicted molar refractivity (Wildman–Crippen MR) is 86.8 cm³/mol. The van der Waals surface area contributed by atoms with Crippen LogP contribution in [-0.2, 0) is 6.42 Å². The Morgan fingerprint density at radius 2 is 1.95 bits per heavy atom. The quantitative estimate of drug-likeness (QED) is 0.609. The van der Waals surface area contributed by atoms with Crippen LogP contribution in [0.2, 0.25) is 0 Å². The Morgan fingerprint density at radius 1 is 1.16 bits per heavy atom. The summed E-state index contributed by atoms with van der Waals surface area (Å²) in [5.74, 6) is 5.76. The third-order valence-corrected chi connectivity index (χ3v) is 4.34. The van der Waals surface area contributed by atoms with E-state index in [-0.39, 0.29) is 6.04 Å². The highest BCUT2D eigenvalue weighted by Crippen LogP contribution is 2.31. The van der Waals surface area contributed by atoms with Gasteiger partial charge in [-0.1, -0.05) is 63.0 Å². The summed E-state index contributed by atoms with van der Waals surface area (Å²) in [5.41, 5.74) is 6.50. The average Bonchev–Trinajstić information content (AvgIpc) is 2.44. The van der Waals surface area contributed by atoms with Gasteiger partial charge in [-0.05, 0) is 41.3 Å². The van der Waals surface area contributed by atoms with Gasteiger partial charge in [0.2, 0.25) is 0 Å². The molecule has 2 nitrogen and oxygen atoms in total. The lowest BCUT2D eigenvalue weighted by molar-refractivity contribution is 0.633. The molecule has 100 valence electrons. The van der Waals surface area contributed by atoms with Crippen molar-refractivity contribution in [1.82, 2.24) is 5.43 Å². The lowest BCUT2D eigenvalue weighted by Crippen LogP contribution is -2.29. The Kier molecular flexibility index (Phi) is 5.16. The first kappa shape index (κ1) is 14.7. The minimum absolute atomic E-state index is 0.0293. The topological polar surface area (TPSA) is 38.0 Å². The van der Waals surface area contributed by atoms with E-state index >= 15 is 0 Å². The van der Waals surface area contributed by atoms with Crippen molar-refractivity contribution >= 4 is 31.9 Å². The first-order valence-electron chi connectivity index (χ1n) is 6.15. The molecule has 4 heteroatoms. The summed E-state index contributed by atoms with van der Waals surface area (Å²) in [6.45, 7) is 2.15. The largest absolute Gasteiger partial charge is 0.271 e. The Balaban J connectivity index is 2.46. The molecule has 2 aromatic rings. The van der Waals surface area contributed by atoms with E-state index in [1.807, 2.05) is 12.1 Å². The van der Waals surface area contributed by atoms with E-state index in [9.17, 15) is 0 Å². The number of hydrazine groups is 1. The number of aryl methyl sites for hydroxylation is 1. The maximum Gasteiger partial charge on any atom is 0.0721 e. The zero-order chi connectivity index (χ0) is 13.8. The third-order valence-electron chi connectivity index (χ3n) is 3.13. The molecule has 0 aliphatic carbocycles. The molecule has 0 aliphatic heterocycles. The van der Waals surface area contributed by atoms with Crippen molar-refractivity contribution in [1.29, 1.82) is 0 Å². The van der Waals surface area contributed by atoms with Crippen molar-refractivity contribution in [2.75, 3.05) is 0 Å². The summed E-state index contributed by atoms with van der Waals surface area (Å²) in [4.78, 5) is 0. The zero-order valence-corrected chi connectivity index (χ0v) is 13.8. The van der Waals surface area contributed by atoms with Crippen molar-refractivity contribution < 1.29 is 0 Å². The maximum absolute atomic E-state index is 5.76. The standard InChI is InChI=1S/C15H16Br2N2/c1-2-10-4-3-5-11(8-10)15(19-18)13-9-12(16)6-7-14(13)17/h3-9,15,19H,2,18H2,1H3. The molecule has 0 spiro atoms. The van der Waals surface area contributed by atoms with E-state index in [4.69, 9.17) is 5.84 Å². The van der Waals surface area contributed by atoms with E-state index in [1.165, 1.54) is 11.1 Å². The number of halogens is 2. The van der Waals surface area contributed by atoms with Crippen molar-refractivity contribution in [2.24, 2.45) is 5.84 Å². The summed E-state index contributed by atoms with van der Waals surface area (Å²) in [6.07, 6.45) is 1.02. The summed E-state index contributed by atoms with van der Waals surface area (Å²) >= 11 is 7.09. The molecule has 2 rings (SSSR count). The van der Waals surface area contributed by atoms with Crippen LogP contribution in [0.25, 0.3) is 0 Å². The van der Waals surface area contributed by atoms with Gasteiger partial charge in [-0.25, -0.2) is 5.43 Å². The van der Waals surface area contributed by atoms with Crippen LogP contribution in [0.1, 0.15) is 29.7 Å². The van der Waals surface area contributed by atoms with E-state index < -0.39 is 0 Å². The van der Waals surface area contributed by atoms with Crippen molar-refractivity contribution in [3.05, 3.63) is 68.1 Å². The van der Waals surface area contributed by atoms with E-state index in [0.717, 1.165) is 20.9 Å². The fourth-order valence-corrected chi connectivity index (χ4v) is 2.95. The smallest absolute Gasteiger partial charge is 0.0721 e. The molecule has 0 aromatic heterocycles. The molecule has 0 aliphatic rings. The molecule has 0 saturated heterocycles. The molecule has 0 fully saturated rings. The van der Waals surface area contributed by atoms with Gasteiger partial charge in [0, 0.05) is 8.95 Å². The third kappa shape index (κ3) is 3.45.